The van der Waals surface area contributed by atoms with E-state index in [-0.39, 0.29) is 28.6 Å². The van der Waals surface area contributed by atoms with E-state index in [1.54, 1.807) is 4.90 Å². The van der Waals surface area contributed by atoms with Crippen LogP contribution in [0, 0.1) is 17.2 Å². The van der Waals surface area contributed by atoms with E-state index in [1.807, 2.05) is 0 Å². The van der Waals surface area contributed by atoms with Crippen LogP contribution in [0.4, 0.5) is 24.5 Å². The highest BCUT2D eigenvalue weighted by Gasteiger charge is 2.33. The van der Waals surface area contributed by atoms with Gasteiger partial charge in [0.05, 0.1) is 35.7 Å². The molecule has 1 aliphatic rings. The lowest BCUT2D eigenvalue weighted by atomic mass is 9.98. The number of hydrogen-bond acceptors (Lipinski definition) is 6. The monoisotopic (exact) mass is 483 g/mol. The molecule has 0 atom stereocenters. The lowest BCUT2D eigenvalue weighted by Crippen LogP contribution is -2.34. The number of hydrogen-bond donors (Lipinski definition) is 2. The van der Waals surface area contributed by atoms with E-state index in [4.69, 9.17) is 10.00 Å². The van der Waals surface area contributed by atoms with Gasteiger partial charge in [-0.1, -0.05) is 0 Å². The number of sulfonamides is 1. The van der Waals surface area contributed by atoms with Gasteiger partial charge >= 0.3 is 12.1 Å². The summed E-state index contributed by atoms with van der Waals surface area (Å²) < 4.78 is 73.5. The second kappa shape index (κ2) is 9.19. The van der Waals surface area contributed by atoms with Crippen LogP contribution in [-0.4, -0.2) is 39.7 Å². The molecule has 2 aromatic carbocycles. The minimum Gasteiger partial charge on any atom is -0.495 e. The Balaban J connectivity index is 2.07. The Morgan fingerprint density at radius 3 is 2.42 bits per heavy atom. The van der Waals surface area contributed by atoms with Crippen molar-refractivity contribution >= 4 is 27.4 Å². The van der Waals surface area contributed by atoms with Crippen molar-refractivity contribution in [3.8, 4) is 11.8 Å². The van der Waals surface area contributed by atoms with Crippen LogP contribution in [0.15, 0.2) is 41.3 Å². The van der Waals surface area contributed by atoms with Gasteiger partial charge in [0.25, 0.3) is 10.0 Å². The fourth-order valence-electron chi connectivity index (χ4n) is 3.54. The molecule has 2 aromatic rings. The van der Waals surface area contributed by atoms with Gasteiger partial charge in [-0.3, -0.25) is 4.72 Å². The molecule has 2 N–H and O–H groups in total. The van der Waals surface area contributed by atoms with E-state index in [1.165, 1.54) is 13.2 Å². The number of anilines is 2. The Bertz CT molecular complexity index is 1200. The smallest absolute Gasteiger partial charge is 0.416 e. The topological polar surface area (TPSA) is 120 Å². The Kier molecular flexibility index (Phi) is 6.73. The molecule has 176 valence electrons. The molecule has 0 unspecified atom stereocenters. The van der Waals surface area contributed by atoms with Crippen molar-refractivity contribution in [2.75, 3.05) is 29.8 Å². The number of nitrogens with one attached hydrogen (secondary N) is 1. The number of piperidine rings is 1. The third-order valence-corrected chi connectivity index (χ3v) is 6.67. The highest BCUT2D eigenvalue weighted by atomic mass is 32.2. The van der Waals surface area contributed by atoms with Crippen molar-refractivity contribution in [3.63, 3.8) is 0 Å². The molecule has 0 saturated carbocycles. The third-order valence-electron chi connectivity index (χ3n) is 5.29. The molecule has 0 aliphatic carbocycles. The van der Waals surface area contributed by atoms with Gasteiger partial charge in [-0.2, -0.15) is 18.4 Å². The van der Waals surface area contributed by atoms with Gasteiger partial charge in [0.2, 0.25) is 0 Å². The maximum absolute atomic E-state index is 13.3. The number of alkyl halides is 3. The number of carboxylic acid groups (broad SMARTS) is 1. The van der Waals surface area contributed by atoms with Crippen molar-refractivity contribution in [3.05, 3.63) is 47.5 Å². The molecule has 12 heteroatoms. The summed E-state index contributed by atoms with van der Waals surface area (Å²) >= 11 is 0. The van der Waals surface area contributed by atoms with Crippen molar-refractivity contribution < 1.29 is 36.2 Å². The molecule has 0 bridgehead atoms. The van der Waals surface area contributed by atoms with E-state index >= 15 is 0 Å². The molecule has 1 heterocycles. The number of halogens is 3. The number of benzene rings is 2. The maximum Gasteiger partial charge on any atom is 0.416 e. The van der Waals surface area contributed by atoms with Crippen LogP contribution in [0.5, 0.6) is 5.75 Å². The molecular weight excluding hydrogens is 463 g/mol. The number of rotatable bonds is 6. The predicted molar refractivity (Wildman–Crippen MR) is 113 cm³/mol. The number of ether oxygens (including phenoxy) is 1. The number of nitriles is 1. The van der Waals surface area contributed by atoms with Gasteiger partial charge in [0, 0.05) is 19.0 Å². The number of carbonyl (C=O) groups is 1. The summed E-state index contributed by atoms with van der Waals surface area (Å²) in [5, 5.41) is 18.3. The molecule has 8 nitrogen and oxygen atoms in total. The summed E-state index contributed by atoms with van der Waals surface area (Å²) in [4.78, 5) is 12.5. The fraction of sp³-hybridized carbons (Fsp3) is 0.333. The van der Waals surface area contributed by atoms with Crippen molar-refractivity contribution in [1.29, 1.82) is 5.26 Å². The maximum atomic E-state index is 13.3. The second-order valence-electron chi connectivity index (χ2n) is 7.40. The summed E-state index contributed by atoms with van der Waals surface area (Å²) in [6, 6.07) is 8.05. The Morgan fingerprint density at radius 2 is 1.88 bits per heavy atom. The minimum absolute atomic E-state index is 0.170. The second-order valence-corrected chi connectivity index (χ2v) is 9.05. The van der Waals surface area contributed by atoms with Gasteiger partial charge < -0.3 is 14.7 Å². The van der Waals surface area contributed by atoms with Gasteiger partial charge in [-0.25, -0.2) is 13.2 Å². The summed E-state index contributed by atoms with van der Waals surface area (Å²) in [5.41, 5.74) is -1.49. The molecule has 1 saturated heterocycles. The van der Waals surface area contributed by atoms with Crippen molar-refractivity contribution in [2.45, 2.75) is 23.9 Å². The van der Waals surface area contributed by atoms with Crippen LogP contribution >= 0.6 is 0 Å². The number of methoxy groups -OCH3 is 1. The Labute approximate surface area is 188 Å². The van der Waals surface area contributed by atoms with Crippen LogP contribution in [0.1, 0.15) is 28.8 Å². The molecule has 0 radical (unpaired) electrons. The summed E-state index contributed by atoms with van der Waals surface area (Å²) in [5.74, 6) is -1.73. The van der Waals surface area contributed by atoms with Crippen LogP contribution in [0.25, 0.3) is 0 Å². The van der Waals surface area contributed by atoms with Crippen molar-refractivity contribution in [1.82, 2.24) is 0 Å². The quantitative estimate of drug-likeness (QED) is 0.638. The lowest BCUT2D eigenvalue weighted by molar-refractivity contribution is -0.137. The fourth-order valence-corrected chi connectivity index (χ4v) is 4.80. The standard InChI is InChI=1S/C21H20F3N3O5S/c1-32-18-5-2-14(20(28)29)10-19(18)33(30,31)26-16-11-15(21(22,23)24)3-4-17(16)27-8-6-13(12-25)7-9-27/h2-5,10-11,13,26H,6-9H2,1H3,(H,28,29). The third kappa shape index (κ3) is 5.31. The van der Waals surface area contributed by atoms with E-state index in [9.17, 15) is 31.5 Å². The Hall–Kier alpha value is -3.46. The van der Waals surface area contributed by atoms with Gasteiger partial charge in [-0.15, -0.1) is 0 Å². The SMILES string of the molecule is COc1ccc(C(=O)O)cc1S(=O)(=O)Nc1cc(C(F)(F)F)ccc1N1CCC(C#N)CC1. The molecule has 33 heavy (non-hydrogen) atoms. The average Bonchev–Trinajstić information content (AvgIpc) is 2.77. The highest BCUT2D eigenvalue weighted by Crippen LogP contribution is 2.38. The van der Waals surface area contributed by atoms with E-state index in [0.717, 1.165) is 24.3 Å². The summed E-state index contributed by atoms with van der Waals surface area (Å²) in [6.45, 7) is 0.715. The zero-order valence-corrected chi connectivity index (χ0v) is 18.2. The van der Waals surface area contributed by atoms with Crippen LogP contribution in [0.3, 0.4) is 0 Å². The van der Waals surface area contributed by atoms with E-state index in [0.29, 0.717) is 32.0 Å². The van der Waals surface area contributed by atoms with Gasteiger partial charge in [-0.05, 0) is 49.2 Å². The normalized spacial score (nSPS) is 15.1. The van der Waals surface area contributed by atoms with Gasteiger partial charge in [0.1, 0.15) is 10.6 Å². The first kappa shape index (κ1) is 24.2. The first-order valence-electron chi connectivity index (χ1n) is 9.76. The van der Waals surface area contributed by atoms with Crippen LogP contribution in [-0.2, 0) is 16.2 Å². The average molecular weight is 483 g/mol. The molecule has 0 amide bonds. The molecule has 0 spiro atoms. The molecule has 0 aromatic heterocycles. The largest absolute Gasteiger partial charge is 0.495 e. The summed E-state index contributed by atoms with van der Waals surface area (Å²) in [7, 11) is -3.35. The zero-order valence-electron chi connectivity index (χ0n) is 17.4. The molecular formula is C21H20F3N3O5S. The zero-order chi connectivity index (χ0) is 24.4. The minimum atomic E-state index is -4.71. The summed E-state index contributed by atoms with van der Waals surface area (Å²) in [6.07, 6.45) is -3.75. The molecule has 1 aliphatic heterocycles. The number of nitrogens with zero attached hydrogens (tertiary/aromatic N) is 2. The van der Waals surface area contributed by atoms with Crippen LogP contribution in [0.2, 0.25) is 0 Å². The van der Waals surface area contributed by atoms with E-state index < -0.39 is 32.6 Å². The number of aromatic carboxylic acids is 1. The molecule has 3 rings (SSSR count). The van der Waals surface area contributed by atoms with Crippen LogP contribution < -0.4 is 14.4 Å². The van der Waals surface area contributed by atoms with E-state index in [2.05, 4.69) is 10.8 Å². The Morgan fingerprint density at radius 1 is 1.21 bits per heavy atom. The molecule has 1 fully saturated rings. The highest BCUT2D eigenvalue weighted by molar-refractivity contribution is 7.92. The predicted octanol–water partition coefficient (Wildman–Crippen LogP) is 3.95. The van der Waals surface area contributed by atoms with Gasteiger partial charge in [0.15, 0.2) is 0 Å². The number of carboxylic acids is 1. The lowest BCUT2D eigenvalue weighted by Gasteiger charge is -2.33. The first-order valence-corrected chi connectivity index (χ1v) is 11.2. The van der Waals surface area contributed by atoms with Crippen molar-refractivity contribution in [2.24, 2.45) is 5.92 Å². The first-order chi connectivity index (χ1) is 15.5.